The van der Waals surface area contributed by atoms with Crippen molar-refractivity contribution in [3.8, 4) is 11.5 Å². The molecule has 1 aliphatic rings. The van der Waals surface area contributed by atoms with Crippen LogP contribution in [-0.4, -0.2) is 43.2 Å². The van der Waals surface area contributed by atoms with E-state index in [9.17, 15) is 9.90 Å². The lowest BCUT2D eigenvalue weighted by atomic mass is 10.0. The number of urea groups is 1. The predicted octanol–water partition coefficient (Wildman–Crippen LogP) is 6.01. The van der Waals surface area contributed by atoms with Crippen LogP contribution in [0.2, 0.25) is 0 Å². The number of aliphatic hydroxyl groups is 1. The molecule has 0 unspecified atom stereocenters. The summed E-state index contributed by atoms with van der Waals surface area (Å²) in [7, 11) is 0. The van der Waals surface area contributed by atoms with E-state index in [0.717, 1.165) is 41.2 Å². The van der Waals surface area contributed by atoms with Crippen LogP contribution in [0.1, 0.15) is 42.2 Å². The van der Waals surface area contributed by atoms with E-state index in [1.54, 1.807) is 0 Å². The number of aliphatic hydroxyl groups excluding tert-OH is 1. The number of hydrogen-bond acceptors (Lipinski definition) is 7. The number of para-hydroxylation sites is 1. The fourth-order valence-electron chi connectivity index (χ4n) is 5.08. The Hall–Kier alpha value is -4.41. The number of nitrogens with two attached hydrogens (primary N) is 1. The van der Waals surface area contributed by atoms with Crippen molar-refractivity contribution >= 4 is 17.4 Å². The average Bonchev–Trinajstić information content (AvgIpc) is 3.03. The van der Waals surface area contributed by atoms with Crippen molar-refractivity contribution in [2.45, 2.75) is 45.4 Å². The van der Waals surface area contributed by atoms with E-state index in [4.69, 9.17) is 24.7 Å². The summed E-state index contributed by atoms with van der Waals surface area (Å²) in [6, 6.07) is 30.1. The van der Waals surface area contributed by atoms with Crippen molar-refractivity contribution < 1.29 is 28.8 Å². The normalized spacial score (nSPS) is 14.2. The minimum absolute atomic E-state index is 0.382. The second kappa shape index (κ2) is 15.0. The number of hydrogen-bond donors (Lipinski definition) is 3. The van der Waals surface area contributed by atoms with Gasteiger partial charge in [0.1, 0.15) is 18.1 Å². The van der Waals surface area contributed by atoms with Crippen molar-refractivity contribution in [2.75, 3.05) is 31.2 Å². The van der Waals surface area contributed by atoms with Gasteiger partial charge in [0.15, 0.2) is 0 Å². The van der Waals surface area contributed by atoms with Crippen LogP contribution in [0.4, 0.5) is 16.2 Å². The Labute approximate surface area is 264 Å². The number of ether oxygens (including phenoxy) is 4. The molecule has 1 heterocycles. The Balaban J connectivity index is 0.991. The molecule has 0 saturated carbocycles. The van der Waals surface area contributed by atoms with E-state index in [1.165, 1.54) is 10.5 Å². The molecule has 4 N–H and O–H groups in total. The molecular formula is C36H41N3O6. The zero-order valence-electron chi connectivity index (χ0n) is 25.8. The second-order valence-electron chi connectivity index (χ2n) is 11.4. The van der Waals surface area contributed by atoms with E-state index >= 15 is 0 Å². The molecule has 236 valence electrons. The average molecular weight is 612 g/mol. The Bertz CT molecular complexity index is 1540. The number of nitrogens with one attached hydrogen (secondary N) is 1. The van der Waals surface area contributed by atoms with Gasteiger partial charge < -0.3 is 35.1 Å². The summed E-state index contributed by atoms with van der Waals surface area (Å²) in [6.45, 7) is 6.64. The number of amides is 2. The molecule has 4 aromatic carbocycles. The molecule has 0 aromatic heterocycles. The van der Waals surface area contributed by atoms with E-state index in [-0.39, 0.29) is 0 Å². The van der Waals surface area contributed by atoms with Crippen LogP contribution < -0.4 is 25.4 Å². The van der Waals surface area contributed by atoms with Gasteiger partial charge in [-0.2, -0.15) is 0 Å². The molecule has 4 aromatic rings. The van der Waals surface area contributed by atoms with Crippen molar-refractivity contribution in [3.63, 3.8) is 0 Å². The van der Waals surface area contributed by atoms with Gasteiger partial charge in [0.25, 0.3) is 0 Å². The van der Waals surface area contributed by atoms with Gasteiger partial charge in [-0.15, -0.1) is 0 Å². The zero-order valence-corrected chi connectivity index (χ0v) is 25.8. The molecule has 9 heteroatoms. The lowest BCUT2D eigenvalue weighted by Crippen LogP contribution is -2.35. The molecular weight excluding hydrogens is 570 g/mol. The number of benzene rings is 4. The minimum atomic E-state index is -0.635. The fraction of sp³-hybridized carbons (Fsp3) is 0.306. The van der Waals surface area contributed by atoms with Crippen molar-refractivity contribution in [2.24, 2.45) is 5.73 Å². The summed E-state index contributed by atoms with van der Waals surface area (Å²) >= 11 is 0. The lowest BCUT2D eigenvalue weighted by molar-refractivity contribution is -0.180. The highest BCUT2D eigenvalue weighted by atomic mass is 16.7. The van der Waals surface area contributed by atoms with E-state index in [0.29, 0.717) is 44.3 Å². The molecule has 2 amide bonds. The summed E-state index contributed by atoms with van der Waals surface area (Å²) in [5.74, 6) is 0.941. The number of fused-ring (bicyclic) bond motifs is 1. The fourth-order valence-corrected chi connectivity index (χ4v) is 5.08. The van der Waals surface area contributed by atoms with E-state index in [2.05, 4.69) is 5.32 Å². The largest absolute Gasteiger partial charge is 0.491 e. The van der Waals surface area contributed by atoms with Gasteiger partial charge in [-0.1, -0.05) is 48.5 Å². The number of nitrogens with zero attached hydrogens (tertiary/aromatic N) is 1. The molecule has 0 saturated heterocycles. The Morgan fingerprint density at radius 2 is 1.73 bits per heavy atom. The maximum Gasteiger partial charge on any atom is 0.323 e. The molecule has 0 radical (unpaired) electrons. The van der Waals surface area contributed by atoms with Crippen molar-refractivity contribution in [1.82, 2.24) is 5.32 Å². The molecule has 1 atom stereocenters. The van der Waals surface area contributed by atoms with Gasteiger partial charge in [-0.25, -0.2) is 4.79 Å². The Morgan fingerprint density at radius 3 is 2.51 bits per heavy atom. The van der Waals surface area contributed by atoms with Gasteiger partial charge in [-0.3, -0.25) is 4.90 Å². The van der Waals surface area contributed by atoms with Gasteiger partial charge in [0.05, 0.1) is 37.3 Å². The summed E-state index contributed by atoms with van der Waals surface area (Å²) in [5.41, 5.74) is 10.9. The summed E-state index contributed by atoms with van der Waals surface area (Å²) < 4.78 is 23.2. The zero-order chi connectivity index (χ0) is 31.6. The summed E-state index contributed by atoms with van der Waals surface area (Å²) in [4.78, 5) is 13.6. The highest BCUT2D eigenvalue weighted by molar-refractivity contribution is 5.98. The standard InChI is InChI=1S/C36H41N3O6/c1-36(2)44-25-29-22-28(13-16-34(29)45-36)33(40)23-38-18-17-26-11-14-32(15-12-26)43-20-19-42-24-27-7-6-10-31(21-27)39(35(37)41)30-8-4-3-5-9-30/h3-16,21-22,33,38,40H,17-20,23-25H2,1-2H3,(H2,37,41)/t33-/m1/s1. The Kier molecular flexibility index (Phi) is 10.7. The van der Waals surface area contributed by atoms with E-state index in [1.807, 2.05) is 111 Å². The van der Waals surface area contributed by atoms with Gasteiger partial charge in [0.2, 0.25) is 5.79 Å². The smallest absolute Gasteiger partial charge is 0.323 e. The summed E-state index contributed by atoms with van der Waals surface area (Å²) in [6.07, 6.45) is 0.208. The third-order valence-electron chi connectivity index (χ3n) is 7.42. The van der Waals surface area contributed by atoms with Crippen LogP contribution >= 0.6 is 0 Å². The van der Waals surface area contributed by atoms with Crippen LogP contribution in [0.3, 0.4) is 0 Å². The topological polar surface area (TPSA) is 116 Å². The van der Waals surface area contributed by atoms with Crippen molar-refractivity contribution in [1.29, 1.82) is 0 Å². The molecule has 9 nitrogen and oxygen atoms in total. The van der Waals surface area contributed by atoms with Crippen LogP contribution in [-0.2, 0) is 29.1 Å². The number of rotatable bonds is 14. The quantitative estimate of drug-likeness (QED) is 0.150. The molecule has 0 bridgehead atoms. The lowest BCUT2D eigenvalue weighted by Gasteiger charge is -2.33. The van der Waals surface area contributed by atoms with Crippen molar-refractivity contribution in [3.05, 3.63) is 119 Å². The van der Waals surface area contributed by atoms with Crippen LogP contribution in [0.15, 0.2) is 97.1 Å². The van der Waals surface area contributed by atoms with Gasteiger partial charge in [0, 0.05) is 26.0 Å². The molecule has 1 aliphatic heterocycles. The highest BCUT2D eigenvalue weighted by Gasteiger charge is 2.27. The summed E-state index contributed by atoms with van der Waals surface area (Å²) in [5, 5.41) is 14.0. The first-order chi connectivity index (χ1) is 21.8. The SMILES string of the molecule is CC1(C)OCc2cc([C@H](O)CNCCc3ccc(OCCOCc4cccc(N(C(N)=O)c5ccccc5)c4)cc3)ccc2O1. The van der Waals surface area contributed by atoms with Gasteiger partial charge in [-0.05, 0) is 78.2 Å². The first-order valence-electron chi connectivity index (χ1n) is 15.1. The van der Waals surface area contributed by atoms with Gasteiger partial charge >= 0.3 is 6.03 Å². The number of carbonyl (C=O) groups excluding carboxylic acids is 1. The minimum Gasteiger partial charge on any atom is -0.491 e. The third kappa shape index (κ3) is 9.06. The van der Waals surface area contributed by atoms with Crippen LogP contribution in [0.5, 0.6) is 11.5 Å². The molecule has 0 aliphatic carbocycles. The highest BCUT2D eigenvalue weighted by Crippen LogP contribution is 2.33. The molecule has 0 fully saturated rings. The molecule has 5 rings (SSSR count). The second-order valence-corrected chi connectivity index (χ2v) is 11.4. The monoisotopic (exact) mass is 611 g/mol. The molecule has 0 spiro atoms. The maximum absolute atomic E-state index is 12.1. The van der Waals surface area contributed by atoms with E-state index < -0.39 is 17.9 Å². The van der Waals surface area contributed by atoms with Crippen LogP contribution in [0.25, 0.3) is 0 Å². The number of carbonyl (C=O) groups is 1. The molecule has 45 heavy (non-hydrogen) atoms. The van der Waals surface area contributed by atoms with Crippen LogP contribution in [0, 0.1) is 0 Å². The number of anilines is 2. The third-order valence-corrected chi connectivity index (χ3v) is 7.42. The first-order valence-corrected chi connectivity index (χ1v) is 15.1. The predicted molar refractivity (Wildman–Crippen MR) is 174 cm³/mol. The first kappa shape index (κ1) is 32.0. The maximum atomic E-state index is 12.1. The Morgan fingerprint density at radius 1 is 0.956 bits per heavy atom. The number of primary amides is 1.